The Morgan fingerprint density at radius 2 is 1.90 bits per heavy atom. The first-order valence-corrected chi connectivity index (χ1v) is 9.62. The molecule has 0 radical (unpaired) electrons. The number of halogens is 1. The average molecular weight is 404 g/mol. The molecule has 0 fully saturated rings. The second-order valence-corrected chi connectivity index (χ2v) is 6.87. The molecule has 0 spiro atoms. The normalized spacial score (nSPS) is 10.9. The Bertz CT molecular complexity index is 1230. The molecule has 0 atom stereocenters. The van der Waals surface area contributed by atoms with E-state index in [9.17, 15) is 9.18 Å². The number of carbonyl (C=O) groups excluding carboxylic acids is 1. The summed E-state index contributed by atoms with van der Waals surface area (Å²) in [4.78, 5) is 20.9. The predicted octanol–water partition coefficient (Wildman–Crippen LogP) is 5.10. The van der Waals surface area contributed by atoms with E-state index in [4.69, 9.17) is 4.74 Å². The van der Waals surface area contributed by atoms with Crippen molar-refractivity contribution in [1.82, 2.24) is 14.5 Å². The molecular weight excluding hydrogens is 383 g/mol. The van der Waals surface area contributed by atoms with Crippen LogP contribution in [0.1, 0.15) is 28.5 Å². The van der Waals surface area contributed by atoms with E-state index >= 15 is 0 Å². The number of nitrogens with zero attached hydrogens (tertiary/aromatic N) is 3. The van der Waals surface area contributed by atoms with Gasteiger partial charge in [0.2, 0.25) is 0 Å². The average Bonchev–Trinajstić information content (AvgIpc) is 3.00. The third-order valence-corrected chi connectivity index (χ3v) is 5.01. The van der Waals surface area contributed by atoms with Crippen LogP contribution in [0.4, 0.5) is 15.9 Å². The third-order valence-electron chi connectivity index (χ3n) is 5.01. The highest BCUT2D eigenvalue weighted by Gasteiger charge is 2.18. The number of fused-ring (bicyclic) bond motifs is 1. The van der Waals surface area contributed by atoms with Crippen molar-refractivity contribution in [2.24, 2.45) is 0 Å². The van der Waals surface area contributed by atoms with Gasteiger partial charge in [0.1, 0.15) is 18.0 Å². The summed E-state index contributed by atoms with van der Waals surface area (Å²) in [6.45, 7) is 6.08. The number of carbonyl (C=O) groups is 1. The topological polar surface area (TPSA) is 69.0 Å². The third kappa shape index (κ3) is 3.50. The zero-order chi connectivity index (χ0) is 21.3. The van der Waals surface area contributed by atoms with Gasteiger partial charge in [0.25, 0.3) is 0 Å². The number of aromatic nitrogens is 3. The number of benzene rings is 2. The molecule has 2 aromatic carbocycles. The molecule has 0 aliphatic heterocycles. The lowest BCUT2D eigenvalue weighted by Crippen LogP contribution is -2.05. The number of rotatable bonds is 5. The Kier molecular flexibility index (Phi) is 5.18. The summed E-state index contributed by atoms with van der Waals surface area (Å²) in [6, 6.07) is 13.4. The largest absolute Gasteiger partial charge is 0.462 e. The predicted molar refractivity (Wildman–Crippen MR) is 114 cm³/mol. The molecule has 0 saturated carbocycles. The van der Waals surface area contributed by atoms with Gasteiger partial charge in [-0.1, -0.05) is 6.07 Å². The monoisotopic (exact) mass is 404 g/mol. The molecule has 0 aliphatic rings. The van der Waals surface area contributed by atoms with Gasteiger partial charge < -0.3 is 10.1 Å². The molecule has 0 bridgehead atoms. The van der Waals surface area contributed by atoms with Gasteiger partial charge in [-0.15, -0.1) is 0 Å². The van der Waals surface area contributed by atoms with Crippen LogP contribution in [0.3, 0.4) is 0 Å². The first-order chi connectivity index (χ1) is 14.5. The number of nitrogens with one attached hydrogen (secondary N) is 1. The van der Waals surface area contributed by atoms with Gasteiger partial charge in [-0.2, -0.15) is 0 Å². The second-order valence-electron chi connectivity index (χ2n) is 6.87. The summed E-state index contributed by atoms with van der Waals surface area (Å²) in [6.07, 6.45) is 1.48. The van der Waals surface area contributed by atoms with Gasteiger partial charge in [-0.3, -0.25) is 4.57 Å². The lowest BCUT2D eigenvalue weighted by atomic mass is 10.2. The second kappa shape index (κ2) is 7.94. The van der Waals surface area contributed by atoms with Gasteiger partial charge in [0, 0.05) is 17.1 Å². The summed E-state index contributed by atoms with van der Waals surface area (Å²) >= 11 is 0. The van der Waals surface area contributed by atoms with Crippen LogP contribution < -0.4 is 5.32 Å². The van der Waals surface area contributed by atoms with Crippen LogP contribution >= 0.6 is 0 Å². The molecule has 6 nitrogen and oxygen atoms in total. The molecule has 0 unspecified atom stereocenters. The molecule has 4 rings (SSSR count). The van der Waals surface area contributed by atoms with Crippen molar-refractivity contribution in [3.05, 3.63) is 77.5 Å². The van der Waals surface area contributed by atoms with Crippen molar-refractivity contribution in [3.8, 4) is 5.69 Å². The van der Waals surface area contributed by atoms with Crippen molar-refractivity contribution in [3.63, 3.8) is 0 Å². The van der Waals surface area contributed by atoms with Crippen LogP contribution in [0.2, 0.25) is 0 Å². The van der Waals surface area contributed by atoms with E-state index in [1.807, 2.05) is 24.5 Å². The maximum atomic E-state index is 13.4. The number of hydrogen-bond donors (Lipinski definition) is 1. The smallest absolute Gasteiger partial charge is 0.338 e. The highest BCUT2D eigenvalue weighted by atomic mass is 19.1. The minimum absolute atomic E-state index is 0.289. The van der Waals surface area contributed by atoms with Crippen molar-refractivity contribution in [1.29, 1.82) is 0 Å². The minimum atomic E-state index is -0.372. The molecule has 152 valence electrons. The maximum Gasteiger partial charge on any atom is 0.338 e. The Hall–Kier alpha value is -3.74. The van der Waals surface area contributed by atoms with Crippen molar-refractivity contribution < 1.29 is 13.9 Å². The summed E-state index contributed by atoms with van der Waals surface area (Å²) in [7, 11) is 0. The fourth-order valence-corrected chi connectivity index (χ4v) is 3.47. The number of hydrogen-bond acceptors (Lipinski definition) is 5. The Labute approximate surface area is 173 Å². The molecule has 0 aliphatic carbocycles. The van der Waals surface area contributed by atoms with Crippen LogP contribution in [0, 0.1) is 19.7 Å². The van der Waals surface area contributed by atoms with E-state index in [1.54, 1.807) is 37.3 Å². The molecule has 1 N–H and O–H groups in total. The molecule has 2 aromatic heterocycles. The number of esters is 1. The molecule has 2 heterocycles. The minimum Gasteiger partial charge on any atom is -0.462 e. The van der Waals surface area contributed by atoms with Crippen LogP contribution in [0.5, 0.6) is 0 Å². The van der Waals surface area contributed by atoms with Gasteiger partial charge in [0.15, 0.2) is 5.65 Å². The Balaban J connectivity index is 1.78. The number of anilines is 2. The van der Waals surface area contributed by atoms with Gasteiger partial charge in [-0.25, -0.2) is 19.2 Å². The highest BCUT2D eigenvalue weighted by molar-refractivity contribution is 5.95. The molecule has 0 saturated heterocycles. The number of ether oxygens (including phenoxy) is 1. The first kappa shape index (κ1) is 19.6. The van der Waals surface area contributed by atoms with E-state index in [1.165, 1.54) is 18.5 Å². The SMILES string of the molecule is CCOC(=O)c1cccc(Nc2ncnc3c2c(C)c(C)n3-c2ccc(F)cc2)c1. The zero-order valence-corrected chi connectivity index (χ0v) is 16.9. The molecule has 30 heavy (non-hydrogen) atoms. The lowest BCUT2D eigenvalue weighted by Gasteiger charge is -2.10. The molecule has 7 heteroatoms. The fraction of sp³-hybridized carbons (Fsp3) is 0.174. The molecular formula is C23H21FN4O2. The maximum absolute atomic E-state index is 13.4. The molecule has 4 aromatic rings. The van der Waals surface area contributed by atoms with Crippen LogP contribution in [-0.4, -0.2) is 27.1 Å². The quantitative estimate of drug-likeness (QED) is 0.469. The van der Waals surface area contributed by atoms with Crippen molar-refractivity contribution in [2.45, 2.75) is 20.8 Å². The van der Waals surface area contributed by atoms with Crippen molar-refractivity contribution >= 4 is 28.5 Å². The number of aryl methyl sites for hydroxylation is 1. The van der Waals surface area contributed by atoms with E-state index in [0.29, 0.717) is 23.7 Å². The summed E-state index contributed by atoms with van der Waals surface area (Å²) in [5.41, 5.74) is 4.71. The van der Waals surface area contributed by atoms with Crippen molar-refractivity contribution in [2.75, 3.05) is 11.9 Å². The summed E-state index contributed by atoms with van der Waals surface area (Å²) in [5, 5.41) is 4.16. The Morgan fingerprint density at radius 3 is 2.63 bits per heavy atom. The Morgan fingerprint density at radius 1 is 1.13 bits per heavy atom. The van der Waals surface area contributed by atoms with E-state index < -0.39 is 0 Å². The van der Waals surface area contributed by atoms with Gasteiger partial charge in [0.05, 0.1) is 17.6 Å². The highest BCUT2D eigenvalue weighted by Crippen LogP contribution is 2.32. The van der Waals surface area contributed by atoms with E-state index in [2.05, 4.69) is 15.3 Å². The van der Waals surface area contributed by atoms with E-state index in [0.717, 1.165) is 28.0 Å². The first-order valence-electron chi connectivity index (χ1n) is 9.62. The van der Waals surface area contributed by atoms with E-state index in [-0.39, 0.29) is 11.8 Å². The van der Waals surface area contributed by atoms with Gasteiger partial charge in [-0.05, 0) is 68.8 Å². The summed E-state index contributed by atoms with van der Waals surface area (Å²) in [5.74, 6) is -0.0333. The van der Waals surface area contributed by atoms with Crippen LogP contribution in [0.25, 0.3) is 16.7 Å². The fourth-order valence-electron chi connectivity index (χ4n) is 3.47. The molecule has 0 amide bonds. The van der Waals surface area contributed by atoms with Gasteiger partial charge >= 0.3 is 5.97 Å². The lowest BCUT2D eigenvalue weighted by molar-refractivity contribution is 0.0526. The zero-order valence-electron chi connectivity index (χ0n) is 16.9. The standard InChI is InChI=1S/C23H21FN4O2/c1-4-30-23(29)16-6-5-7-18(12-16)27-21-20-14(2)15(3)28(22(20)26-13-25-21)19-10-8-17(24)9-11-19/h5-13H,4H2,1-3H3,(H,25,26,27). The van der Waals surface area contributed by atoms with Crippen LogP contribution in [0.15, 0.2) is 54.9 Å². The van der Waals surface area contributed by atoms with Crippen LogP contribution in [-0.2, 0) is 4.74 Å². The summed E-state index contributed by atoms with van der Waals surface area (Å²) < 4.78 is 20.4.